The summed E-state index contributed by atoms with van der Waals surface area (Å²) in [5.41, 5.74) is 3.73. The summed E-state index contributed by atoms with van der Waals surface area (Å²) in [6.07, 6.45) is -3.19. The second kappa shape index (κ2) is 11.7. The van der Waals surface area contributed by atoms with Crippen molar-refractivity contribution in [2.24, 2.45) is 17.3 Å². The summed E-state index contributed by atoms with van der Waals surface area (Å²) in [6.45, 7) is 4.16. The highest BCUT2D eigenvalue weighted by molar-refractivity contribution is 8.15. The number of nitrogens with zero attached hydrogens (tertiary/aromatic N) is 5. The highest BCUT2D eigenvalue weighted by Gasteiger charge is 2.32. The van der Waals surface area contributed by atoms with Crippen LogP contribution in [0, 0.1) is 5.41 Å². The van der Waals surface area contributed by atoms with Gasteiger partial charge in [0.25, 0.3) is 0 Å². The number of alkyl halides is 3. The standard InChI is InChI=1S/C29H26F3N7O2S/c1-17(2)21-6-4-5-7-23(21)39-25(40)16-42-28(39)36-34-15-18-8-13-22-24(14-18)38(3)37-27(22)35-26(33)19-9-11-20(12-10-19)41-29(30,31)32/h4-15,17H,16H2,1-3H3,(H2,33,35,37)/b34-15+,36-28+. The van der Waals surface area contributed by atoms with Gasteiger partial charge >= 0.3 is 6.36 Å². The number of rotatable bonds is 7. The Labute approximate surface area is 243 Å². The molecule has 1 aliphatic rings. The fourth-order valence-corrected chi connectivity index (χ4v) is 5.27. The summed E-state index contributed by atoms with van der Waals surface area (Å²) in [6, 6.07) is 18.3. The maximum atomic E-state index is 12.7. The van der Waals surface area contributed by atoms with Gasteiger partial charge in [-0.1, -0.05) is 49.9 Å². The van der Waals surface area contributed by atoms with Crippen molar-refractivity contribution in [2.75, 3.05) is 16.0 Å². The average Bonchev–Trinajstić information content (AvgIpc) is 3.46. The van der Waals surface area contributed by atoms with Gasteiger partial charge in [0.2, 0.25) is 5.91 Å². The normalized spacial score (nSPS) is 15.0. The molecule has 5 rings (SSSR count). The minimum Gasteiger partial charge on any atom is -0.406 e. The monoisotopic (exact) mass is 593 g/mol. The molecule has 1 aliphatic heterocycles. The van der Waals surface area contributed by atoms with Crippen LogP contribution in [-0.4, -0.2) is 45.0 Å². The van der Waals surface area contributed by atoms with Crippen molar-refractivity contribution in [3.8, 4) is 5.75 Å². The lowest BCUT2D eigenvalue weighted by atomic mass is 10.0. The molecular weight excluding hydrogens is 567 g/mol. The van der Waals surface area contributed by atoms with E-state index in [1.54, 1.807) is 22.8 Å². The minimum absolute atomic E-state index is 0.0396. The lowest BCUT2D eigenvalue weighted by molar-refractivity contribution is -0.274. The number of benzene rings is 3. The fourth-order valence-electron chi connectivity index (χ4n) is 4.46. The first-order valence-electron chi connectivity index (χ1n) is 12.8. The van der Waals surface area contributed by atoms with Gasteiger partial charge in [0.1, 0.15) is 11.6 Å². The Hall–Kier alpha value is -4.65. The number of halogens is 3. The first kappa shape index (κ1) is 28.9. The van der Waals surface area contributed by atoms with Crippen molar-refractivity contribution in [1.82, 2.24) is 9.78 Å². The number of aryl methyl sites for hydroxylation is 1. The van der Waals surface area contributed by atoms with Crippen LogP contribution in [0.1, 0.15) is 36.5 Å². The number of amidine groups is 2. The highest BCUT2D eigenvalue weighted by atomic mass is 32.2. The van der Waals surface area contributed by atoms with Crippen LogP contribution in [0.4, 0.5) is 24.7 Å². The number of thioether (sulfide) groups is 1. The zero-order valence-corrected chi connectivity index (χ0v) is 23.6. The van der Waals surface area contributed by atoms with Gasteiger partial charge in [-0.25, -0.2) is 0 Å². The van der Waals surface area contributed by atoms with Crippen molar-refractivity contribution in [2.45, 2.75) is 26.1 Å². The number of aromatic nitrogens is 2. The molecule has 3 aromatic carbocycles. The molecule has 42 heavy (non-hydrogen) atoms. The molecular formula is C29H26F3N7O2S. The van der Waals surface area contributed by atoms with Crippen molar-refractivity contribution < 1.29 is 22.7 Å². The van der Waals surface area contributed by atoms with Crippen molar-refractivity contribution >= 4 is 57.3 Å². The van der Waals surface area contributed by atoms with Gasteiger partial charge in [-0.15, -0.1) is 18.3 Å². The summed E-state index contributed by atoms with van der Waals surface area (Å²) >= 11 is 1.34. The third kappa shape index (κ3) is 6.30. The summed E-state index contributed by atoms with van der Waals surface area (Å²) in [5.74, 6) is 0.483. The number of para-hydroxylation sites is 1. The number of anilines is 2. The van der Waals surface area contributed by atoms with Crippen LogP contribution in [0.5, 0.6) is 5.75 Å². The van der Waals surface area contributed by atoms with E-state index in [-0.39, 0.29) is 29.2 Å². The summed E-state index contributed by atoms with van der Waals surface area (Å²) in [7, 11) is 1.76. The maximum Gasteiger partial charge on any atom is 0.573 e. The van der Waals surface area contributed by atoms with Crippen LogP contribution in [0.3, 0.4) is 0 Å². The van der Waals surface area contributed by atoms with Crippen LogP contribution >= 0.6 is 11.8 Å². The molecule has 2 N–H and O–H groups in total. The van der Waals surface area contributed by atoms with E-state index in [0.29, 0.717) is 16.5 Å². The highest BCUT2D eigenvalue weighted by Crippen LogP contribution is 2.33. The van der Waals surface area contributed by atoms with E-state index in [1.165, 1.54) is 23.9 Å². The van der Waals surface area contributed by atoms with E-state index in [2.05, 4.69) is 39.2 Å². The molecule has 0 unspecified atom stereocenters. The molecule has 9 nitrogen and oxygen atoms in total. The number of carbonyl (C=O) groups excluding carboxylic acids is 1. The first-order valence-corrected chi connectivity index (χ1v) is 13.8. The Kier molecular flexibility index (Phi) is 8.03. The molecule has 1 saturated heterocycles. The number of nitrogens with one attached hydrogen (secondary N) is 2. The van der Waals surface area contributed by atoms with Gasteiger partial charge in [-0.2, -0.15) is 10.2 Å². The number of hydrogen-bond donors (Lipinski definition) is 2. The van der Waals surface area contributed by atoms with Gasteiger partial charge < -0.3 is 10.1 Å². The molecule has 0 spiro atoms. The molecule has 0 radical (unpaired) electrons. The minimum atomic E-state index is -4.79. The number of carbonyl (C=O) groups is 1. The van der Waals surface area contributed by atoms with E-state index in [9.17, 15) is 18.0 Å². The van der Waals surface area contributed by atoms with E-state index >= 15 is 0 Å². The Morgan fingerprint density at radius 2 is 1.88 bits per heavy atom. The lowest BCUT2D eigenvalue weighted by Gasteiger charge is -2.20. The van der Waals surface area contributed by atoms with Gasteiger partial charge in [-0.3, -0.25) is 19.8 Å². The Morgan fingerprint density at radius 3 is 2.60 bits per heavy atom. The van der Waals surface area contributed by atoms with E-state index in [1.807, 2.05) is 42.5 Å². The molecule has 0 bridgehead atoms. The van der Waals surface area contributed by atoms with E-state index < -0.39 is 6.36 Å². The topological polar surface area (TPSA) is 108 Å². The lowest BCUT2D eigenvalue weighted by Crippen LogP contribution is -2.30. The van der Waals surface area contributed by atoms with Crippen LogP contribution in [0.15, 0.2) is 76.9 Å². The van der Waals surface area contributed by atoms with Crippen molar-refractivity contribution in [1.29, 1.82) is 5.41 Å². The Bertz CT molecular complexity index is 1710. The predicted molar refractivity (Wildman–Crippen MR) is 160 cm³/mol. The molecule has 1 fully saturated rings. The quantitative estimate of drug-likeness (QED) is 0.144. The summed E-state index contributed by atoms with van der Waals surface area (Å²) < 4.78 is 42.8. The summed E-state index contributed by atoms with van der Waals surface area (Å²) in [4.78, 5) is 14.3. The first-order chi connectivity index (χ1) is 20.0. The molecule has 216 valence electrons. The Morgan fingerprint density at radius 1 is 1.14 bits per heavy atom. The predicted octanol–water partition coefficient (Wildman–Crippen LogP) is 6.50. The van der Waals surface area contributed by atoms with Gasteiger partial charge in [0.15, 0.2) is 11.0 Å². The van der Waals surface area contributed by atoms with Crippen LogP contribution in [0.25, 0.3) is 10.9 Å². The van der Waals surface area contributed by atoms with Gasteiger partial charge in [0.05, 0.1) is 23.2 Å². The van der Waals surface area contributed by atoms with Crippen LogP contribution < -0.4 is 15.0 Å². The fraction of sp³-hybridized carbons (Fsp3) is 0.207. The van der Waals surface area contributed by atoms with Crippen molar-refractivity contribution in [3.63, 3.8) is 0 Å². The molecule has 0 atom stereocenters. The van der Waals surface area contributed by atoms with Crippen LogP contribution in [0.2, 0.25) is 0 Å². The molecule has 4 aromatic rings. The number of ether oxygens (including phenoxy) is 1. The van der Waals surface area contributed by atoms with E-state index in [0.717, 1.165) is 39.8 Å². The third-order valence-electron chi connectivity index (χ3n) is 6.41. The third-order valence-corrected chi connectivity index (χ3v) is 7.32. The Balaban J connectivity index is 1.32. The van der Waals surface area contributed by atoms with Gasteiger partial charge in [0, 0.05) is 18.0 Å². The maximum absolute atomic E-state index is 12.7. The zero-order chi connectivity index (χ0) is 30.0. The second-order valence-corrected chi connectivity index (χ2v) is 10.6. The van der Waals surface area contributed by atoms with E-state index in [4.69, 9.17) is 5.41 Å². The summed E-state index contributed by atoms with van der Waals surface area (Å²) in [5, 5.41) is 25.6. The van der Waals surface area contributed by atoms with Crippen LogP contribution in [-0.2, 0) is 11.8 Å². The molecule has 0 saturated carbocycles. The largest absolute Gasteiger partial charge is 0.573 e. The smallest absolute Gasteiger partial charge is 0.406 e. The second-order valence-electron chi connectivity index (χ2n) is 9.68. The van der Waals surface area contributed by atoms with Crippen molar-refractivity contribution in [3.05, 3.63) is 83.4 Å². The molecule has 13 heteroatoms. The molecule has 1 amide bonds. The SMILES string of the molecule is CC(C)c1ccccc1N1C(=O)CS/C1=N/N=C/c1ccc2c(NC(=N)c3ccc(OC(F)(F)F)cc3)nn(C)c2c1. The molecule has 2 heterocycles. The number of fused-ring (bicyclic) bond motifs is 1. The number of hydrogen-bond acceptors (Lipinski definition) is 7. The molecule has 0 aliphatic carbocycles. The average molecular weight is 594 g/mol. The number of amides is 1. The molecule has 1 aromatic heterocycles. The zero-order valence-electron chi connectivity index (χ0n) is 22.8. The van der Waals surface area contributed by atoms with Gasteiger partial charge in [-0.05, 0) is 59.5 Å².